The molecule has 0 N–H and O–H groups in total. The Morgan fingerprint density at radius 3 is 3.10 bits per heavy atom. The lowest BCUT2D eigenvalue weighted by atomic mass is 10.1. The molecule has 0 aromatic heterocycles. The molecule has 0 spiro atoms. The molecule has 3 heteroatoms. The summed E-state index contributed by atoms with van der Waals surface area (Å²) in [4.78, 5) is 10.9. The molecule has 0 radical (unpaired) electrons. The lowest BCUT2D eigenvalue weighted by molar-refractivity contribution is -0.144. The summed E-state index contributed by atoms with van der Waals surface area (Å²) < 4.78 is 4.60. The molecule has 0 aromatic carbocycles. The van der Waals surface area contributed by atoms with Gasteiger partial charge in [-0.1, -0.05) is 6.08 Å². The first kappa shape index (κ1) is 7.66. The molecule has 10 heavy (non-hydrogen) atoms. The van der Waals surface area contributed by atoms with Gasteiger partial charge in [0, 0.05) is 5.75 Å². The van der Waals surface area contributed by atoms with Gasteiger partial charge in [-0.05, 0) is 11.8 Å². The first-order valence-electron chi connectivity index (χ1n) is 3.19. The van der Waals surface area contributed by atoms with Crippen LogP contribution in [0.4, 0.5) is 0 Å². The molecule has 0 aliphatic carbocycles. The highest BCUT2D eigenvalue weighted by Crippen LogP contribution is 2.20. The summed E-state index contributed by atoms with van der Waals surface area (Å²) in [5, 5.41) is 2.03. The van der Waals surface area contributed by atoms with Gasteiger partial charge in [-0.25, -0.2) is 0 Å². The van der Waals surface area contributed by atoms with Gasteiger partial charge in [0.15, 0.2) is 0 Å². The van der Waals surface area contributed by atoms with Crippen LogP contribution in [0.3, 0.4) is 0 Å². The summed E-state index contributed by atoms with van der Waals surface area (Å²) in [5.74, 6) is 0.861. The molecule has 56 valence electrons. The molecule has 1 aliphatic rings. The number of thioether (sulfide) groups is 1. The Morgan fingerprint density at radius 2 is 2.60 bits per heavy atom. The molecule has 1 unspecified atom stereocenters. The molecule has 1 atom stereocenters. The fraction of sp³-hybridized carbons (Fsp3) is 0.571. The van der Waals surface area contributed by atoms with E-state index in [1.54, 1.807) is 11.8 Å². The van der Waals surface area contributed by atoms with Crippen LogP contribution in [0.25, 0.3) is 0 Å². The molecular weight excluding hydrogens is 148 g/mol. The van der Waals surface area contributed by atoms with Crippen LogP contribution >= 0.6 is 11.8 Å². The normalized spacial score (nSPS) is 24.3. The van der Waals surface area contributed by atoms with Crippen molar-refractivity contribution < 1.29 is 9.53 Å². The molecule has 0 saturated heterocycles. The number of hydrogen-bond acceptors (Lipinski definition) is 3. The third kappa shape index (κ3) is 1.77. The zero-order chi connectivity index (χ0) is 7.40. The van der Waals surface area contributed by atoms with E-state index in [0.29, 0.717) is 0 Å². The van der Waals surface area contributed by atoms with E-state index in [2.05, 4.69) is 4.74 Å². The van der Waals surface area contributed by atoms with Gasteiger partial charge in [-0.15, -0.1) is 11.8 Å². The van der Waals surface area contributed by atoms with E-state index in [4.69, 9.17) is 0 Å². The van der Waals surface area contributed by atoms with Crippen LogP contribution in [0.1, 0.15) is 6.42 Å². The number of rotatable bonds is 1. The zero-order valence-electron chi connectivity index (χ0n) is 5.87. The van der Waals surface area contributed by atoms with E-state index >= 15 is 0 Å². The molecule has 1 rings (SSSR count). The van der Waals surface area contributed by atoms with E-state index in [-0.39, 0.29) is 11.9 Å². The first-order valence-corrected chi connectivity index (χ1v) is 4.24. The van der Waals surface area contributed by atoms with Gasteiger partial charge in [0.2, 0.25) is 0 Å². The Balaban J connectivity index is 2.41. The van der Waals surface area contributed by atoms with E-state index < -0.39 is 0 Å². The van der Waals surface area contributed by atoms with Crippen molar-refractivity contribution >= 4 is 17.7 Å². The predicted octanol–water partition coefficient (Wildman–Crippen LogP) is 1.43. The lowest BCUT2D eigenvalue weighted by Crippen LogP contribution is -2.18. The Hall–Kier alpha value is -0.440. The maximum atomic E-state index is 10.9. The number of hydrogen-bond donors (Lipinski definition) is 0. The van der Waals surface area contributed by atoms with Crippen molar-refractivity contribution in [2.75, 3.05) is 12.9 Å². The van der Waals surface area contributed by atoms with Crippen molar-refractivity contribution in [3.8, 4) is 0 Å². The topological polar surface area (TPSA) is 26.3 Å². The van der Waals surface area contributed by atoms with E-state index in [0.717, 1.165) is 12.2 Å². The predicted molar refractivity (Wildman–Crippen MR) is 41.7 cm³/mol. The number of ether oxygens (including phenoxy) is 1. The number of carbonyl (C=O) groups excluding carboxylic acids is 1. The van der Waals surface area contributed by atoms with Crippen LogP contribution in [0.2, 0.25) is 0 Å². The van der Waals surface area contributed by atoms with Crippen molar-refractivity contribution in [2.45, 2.75) is 6.42 Å². The second-order valence-electron chi connectivity index (χ2n) is 2.16. The zero-order valence-corrected chi connectivity index (χ0v) is 6.69. The Morgan fingerprint density at radius 1 is 1.80 bits per heavy atom. The van der Waals surface area contributed by atoms with Crippen LogP contribution < -0.4 is 0 Å². The van der Waals surface area contributed by atoms with Gasteiger partial charge in [-0.2, -0.15) is 0 Å². The summed E-state index contributed by atoms with van der Waals surface area (Å²) >= 11 is 1.67. The van der Waals surface area contributed by atoms with Gasteiger partial charge in [0.1, 0.15) is 0 Å². The number of carbonyl (C=O) groups is 1. The fourth-order valence-electron chi connectivity index (χ4n) is 0.859. The quantitative estimate of drug-likeness (QED) is 0.540. The standard InChI is InChI=1S/C7H10O2S/c1-9-7(8)6-3-2-4-10-5-6/h2,4,6H,3,5H2,1H3. The molecule has 0 bridgehead atoms. The lowest BCUT2D eigenvalue weighted by Gasteiger charge is -2.13. The van der Waals surface area contributed by atoms with Crippen molar-refractivity contribution in [3.05, 3.63) is 11.5 Å². The smallest absolute Gasteiger partial charge is 0.309 e. The largest absolute Gasteiger partial charge is 0.469 e. The minimum atomic E-state index is -0.0862. The summed E-state index contributed by atoms with van der Waals surface area (Å²) in [7, 11) is 1.44. The van der Waals surface area contributed by atoms with Gasteiger partial charge < -0.3 is 4.74 Å². The monoisotopic (exact) mass is 158 g/mol. The minimum absolute atomic E-state index is 0.0833. The molecule has 1 aliphatic heterocycles. The molecule has 0 saturated carbocycles. The van der Waals surface area contributed by atoms with Crippen LogP contribution in [0.5, 0.6) is 0 Å². The van der Waals surface area contributed by atoms with Crippen molar-refractivity contribution in [2.24, 2.45) is 5.92 Å². The van der Waals surface area contributed by atoms with E-state index in [9.17, 15) is 4.79 Å². The summed E-state index contributed by atoms with van der Waals surface area (Å²) in [5.41, 5.74) is 0. The fourth-order valence-corrected chi connectivity index (χ4v) is 1.72. The first-order chi connectivity index (χ1) is 4.84. The van der Waals surface area contributed by atoms with Crippen molar-refractivity contribution in [1.29, 1.82) is 0 Å². The van der Waals surface area contributed by atoms with Crippen LogP contribution in [0.15, 0.2) is 11.5 Å². The highest BCUT2D eigenvalue weighted by Gasteiger charge is 2.18. The van der Waals surface area contributed by atoms with Crippen molar-refractivity contribution in [3.63, 3.8) is 0 Å². The Kier molecular flexibility index (Phi) is 2.81. The average molecular weight is 158 g/mol. The van der Waals surface area contributed by atoms with Crippen LogP contribution in [-0.4, -0.2) is 18.8 Å². The SMILES string of the molecule is COC(=O)C1CC=CSC1. The number of allylic oxidation sites excluding steroid dienone is 1. The van der Waals surface area contributed by atoms with E-state index in [1.165, 1.54) is 7.11 Å². The van der Waals surface area contributed by atoms with Gasteiger partial charge in [0.05, 0.1) is 13.0 Å². The molecule has 0 aromatic rings. The average Bonchev–Trinajstić information content (AvgIpc) is 2.05. The second-order valence-corrected chi connectivity index (χ2v) is 3.10. The third-order valence-corrected chi connectivity index (χ3v) is 2.42. The molecular formula is C7H10O2S. The summed E-state index contributed by atoms with van der Waals surface area (Å²) in [6.07, 6.45) is 2.84. The molecule has 0 fully saturated rings. The maximum Gasteiger partial charge on any atom is 0.309 e. The third-order valence-electron chi connectivity index (χ3n) is 1.44. The van der Waals surface area contributed by atoms with Gasteiger partial charge in [-0.3, -0.25) is 4.79 Å². The Labute approximate surface area is 64.6 Å². The van der Waals surface area contributed by atoms with Crippen molar-refractivity contribution in [1.82, 2.24) is 0 Å². The van der Waals surface area contributed by atoms with Crippen LogP contribution in [0, 0.1) is 5.92 Å². The van der Waals surface area contributed by atoms with Gasteiger partial charge >= 0.3 is 5.97 Å². The molecule has 1 heterocycles. The summed E-state index contributed by atoms with van der Waals surface area (Å²) in [6, 6.07) is 0. The highest BCUT2D eigenvalue weighted by molar-refractivity contribution is 8.02. The van der Waals surface area contributed by atoms with Crippen LogP contribution in [-0.2, 0) is 9.53 Å². The number of esters is 1. The highest BCUT2D eigenvalue weighted by atomic mass is 32.2. The van der Waals surface area contributed by atoms with E-state index in [1.807, 2.05) is 11.5 Å². The van der Waals surface area contributed by atoms with Gasteiger partial charge in [0.25, 0.3) is 0 Å². The molecule has 2 nitrogen and oxygen atoms in total. The minimum Gasteiger partial charge on any atom is -0.469 e. The molecule has 0 amide bonds. The number of methoxy groups -OCH3 is 1. The summed E-state index contributed by atoms with van der Waals surface area (Å²) in [6.45, 7) is 0. The second kappa shape index (κ2) is 3.66. The maximum absolute atomic E-state index is 10.9. The Bertz CT molecular complexity index is 154.